The molecule has 1 N–H and O–H groups in total. The molecule has 0 aliphatic rings. The van der Waals surface area contributed by atoms with Crippen molar-refractivity contribution >= 4 is 5.82 Å². The van der Waals surface area contributed by atoms with E-state index < -0.39 is 0 Å². The van der Waals surface area contributed by atoms with Gasteiger partial charge in [0.1, 0.15) is 12.1 Å². The molecule has 1 heterocycles. The maximum atomic E-state index is 5.52. The highest BCUT2D eigenvalue weighted by molar-refractivity contribution is 5.38. The maximum Gasteiger partial charge on any atom is 0.218 e. The highest BCUT2D eigenvalue weighted by Gasteiger charge is 2.15. The fourth-order valence-corrected chi connectivity index (χ4v) is 1.71. The Hall–Kier alpha value is -1.36. The van der Waals surface area contributed by atoms with Gasteiger partial charge < -0.3 is 15.0 Å². The Morgan fingerprint density at radius 1 is 1.32 bits per heavy atom. The molecule has 0 saturated heterocycles. The van der Waals surface area contributed by atoms with Gasteiger partial charge in [-0.05, 0) is 26.4 Å². The average Bonchev–Trinajstić information content (AvgIpc) is 2.35. The molecule has 0 aliphatic heterocycles. The molecule has 1 aromatic heterocycles. The SMILES string of the molecule is CCCOc1cc(NC(CN(C)C)C(C)C)ncn1. The number of nitrogens with one attached hydrogen (secondary N) is 1. The maximum absolute atomic E-state index is 5.52. The van der Waals surface area contributed by atoms with E-state index in [-0.39, 0.29) is 0 Å². The van der Waals surface area contributed by atoms with Crippen LogP contribution in [0.4, 0.5) is 5.82 Å². The third-order valence-electron chi connectivity index (χ3n) is 2.80. The summed E-state index contributed by atoms with van der Waals surface area (Å²) in [5.41, 5.74) is 0. The van der Waals surface area contributed by atoms with Crippen molar-refractivity contribution in [2.45, 2.75) is 33.2 Å². The van der Waals surface area contributed by atoms with Crippen LogP contribution < -0.4 is 10.1 Å². The van der Waals surface area contributed by atoms with E-state index in [2.05, 4.69) is 55.1 Å². The molecule has 19 heavy (non-hydrogen) atoms. The summed E-state index contributed by atoms with van der Waals surface area (Å²) in [7, 11) is 4.15. The summed E-state index contributed by atoms with van der Waals surface area (Å²) in [5, 5.41) is 3.45. The fourth-order valence-electron chi connectivity index (χ4n) is 1.71. The fraction of sp³-hybridized carbons (Fsp3) is 0.714. The van der Waals surface area contributed by atoms with E-state index in [1.807, 2.05) is 6.07 Å². The van der Waals surface area contributed by atoms with E-state index in [9.17, 15) is 0 Å². The zero-order valence-corrected chi connectivity index (χ0v) is 12.7. The molecule has 0 radical (unpaired) electrons. The van der Waals surface area contributed by atoms with Crippen LogP contribution in [-0.2, 0) is 0 Å². The van der Waals surface area contributed by atoms with Crippen molar-refractivity contribution in [1.82, 2.24) is 14.9 Å². The van der Waals surface area contributed by atoms with Crippen molar-refractivity contribution in [3.63, 3.8) is 0 Å². The van der Waals surface area contributed by atoms with Crippen LogP contribution in [-0.4, -0.2) is 48.2 Å². The predicted molar refractivity (Wildman–Crippen MR) is 78.6 cm³/mol. The average molecular weight is 266 g/mol. The number of aromatic nitrogens is 2. The van der Waals surface area contributed by atoms with Gasteiger partial charge in [0.15, 0.2) is 0 Å². The molecule has 1 aromatic rings. The second-order valence-electron chi connectivity index (χ2n) is 5.35. The first kappa shape index (κ1) is 15.7. The minimum Gasteiger partial charge on any atom is -0.478 e. The number of likely N-dealkylation sites (N-methyl/N-ethyl adjacent to an activating group) is 1. The van der Waals surface area contributed by atoms with Crippen LogP contribution in [0, 0.1) is 5.92 Å². The normalized spacial score (nSPS) is 12.8. The molecule has 0 aromatic carbocycles. The van der Waals surface area contributed by atoms with Crippen molar-refractivity contribution in [2.75, 3.05) is 32.6 Å². The van der Waals surface area contributed by atoms with Gasteiger partial charge in [0.05, 0.1) is 6.61 Å². The summed E-state index contributed by atoms with van der Waals surface area (Å²) in [6.07, 6.45) is 2.52. The van der Waals surface area contributed by atoms with Crippen LogP contribution in [0.1, 0.15) is 27.2 Å². The topological polar surface area (TPSA) is 50.3 Å². The molecule has 0 bridgehead atoms. The van der Waals surface area contributed by atoms with Gasteiger partial charge in [0.25, 0.3) is 0 Å². The second-order valence-corrected chi connectivity index (χ2v) is 5.35. The summed E-state index contributed by atoms with van der Waals surface area (Å²) in [5.74, 6) is 1.98. The van der Waals surface area contributed by atoms with Crippen molar-refractivity contribution < 1.29 is 4.74 Å². The monoisotopic (exact) mass is 266 g/mol. The van der Waals surface area contributed by atoms with Gasteiger partial charge in [0.2, 0.25) is 5.88 Å². The van der Waals surface area contributed by atoms with E-state index in [0.717, 1.165) is 18.8 Å². The van der Waals surface area contributed by atoms with Gasteiger partial charge in [-0.3, -0.25) is 0 Å². The zero-order valence-electron chi connectivity index (χ0n) is 12.7. The van der Waals surface area contributed by atoms with Gasteiger partial charge >= 0.3 is 0 Å². The third kappa shape index (κ3) is 5.87. The first-order valence-corrected chi connectivity index (χ1v) is 6.89. The number of nitrogens with zero attached hydrogens (tertiary/aromatic N) is 3. The van der Waals surface area contributed by atoms with Gasteiger partial charge in [-0.2, -0.15) is 0 Å². The molecule has 108 valence electrons. The first-order valence-electron chi connectivity index (χ1n) is 6.89. The molecule has 5 nitrogen and oxygen atoms in total. The van der Waals surface area contributed by atoms with E-state index in [1.54, 1.807) is 6.33 Å². The zero-order chi connectivity index (χ0) is 14.3. The second kappa shape index (κ2) is 7.94. The van der Waals surface area contributed by atoms with E-state index in [0.29, 0.717) is 24.4 Å². The Morgan fingerprint density at radius 2 is 2.05 bits per heavy atom. The molecular weight excluding hydrogens is 240 g/mol. The number of hydrogen-bond acceptors (Lipinski definition) is 5. The lowest BCUT2D eigenvalue weighted by Crippen LogP contribution is -2.36. The van der Waals surface area contributed by atoms with Crippen LogP contribution in [0.3, 0.4) is 0 Å². The van der Waals surface area contributed by atoms with Crippen LogP contribution in [0.15, 0.2) is 12.4 Å². The summed E-state index contributed by atoms with van der Waals surface area (Å²) >= 11 is 0. The molecule has 5 heteroatoms. The lowest BCUT2D eigenvalue weighted by Gasteiger charge is -2.26. The Kier molecular flexibility index (Phi) is 6.56. The third-order valence-corrected chi connectivity index (χ3v) is 2.80. The Morgan fingerprint density at radius 3 is 2.63 bits per heavy atom. The summed E-state index contributed by atoms with van der Waals surface area (Å²) in [6.45, 7) is 8.13. The Balaban J connectivity index is 2.67. The molecular formula is C14H26N4O. The van der Waals surface area contributed by atoms with Crippen molar-refractivity contribution in [3.8, 4) is 5.88 Å². The molecule has 0 spiro atoms. The largest absolute Gasteiger partial charge is 0.478 e. The van der Waals surface area contributed by atoms with Crippen LogP contribution in [0.25, 0.3) is 0 Å². The van der Waals surface area contributed by atoms with Crippen molar-refractivity contribution in [2.24, 2.45) is 5.92 Å². The molecule has 1 rings (SSSR count). The number of hydrogen-bond donors (Lipinski definition) is 1. The summed E-state index contributed by atoms with van der Waals surface area (Å²) in [6, 6.07) is 2.21. The first-order chi connectivity index (χ1) is 9.02. The predicted octanol–water partition coefficient (Wildman–Crippen LogP) is 2.26. The molecule has 0 amide bonds. The summed E-state index contributed by atoms with van der Waals surface area (Å²) < 4.78 is 5.52. The van der Waals surface area contributed by atoms with Gasteiger partial charge in [-0.15, -0.1) is 0 Å². The number of ether oxygens (including phenoxy) is 1. The molecule has 0 saturated carbocycles. The van der Waals surface area contributed by atoms with Gasteiger partial charge in [-0.25, -0.2) is 9.97 Å². The Bertz CT molecular complexity index is 368. The minimum atomic E-state index is 0.351. The molecule has 0 aliphatic carbocycles. The smallest absolute Gasteiger partial charge is 0.218 e. The van der Waals surface area contributed by atoms with Crippen LogP contribution in [0.5, 0.6) is 5.88 Å². The molecule has 0 fully saturated rings. The van der Waals surface area contributed by atoms with Crippen molar-refractivity contribution in [3.05, 3.63) is 12.4 Å². The lowest BCUT2D eigenvalue weighted by molar-refractivity contribution is 0.304. The van der Waals surface area contributed by atoms with Crippen molar-refractivity contribution in [1.29, 1.82) is 0 Å². The van der Waals surface area contributed by atoms with Gasteiger partial charge in [0, 0.05) is 18.7 Å². The van der Waals surface area contributed by atoms with Crippen LogP contribution >= 0.6 is 0 Å². The van der Waals surface area contributed by atoms with E-state index >= 15 is 0 Å². The van der Waals surface area contributed by atoms with Gasteiger partial charge in [-0.1, -0.05) is 20.8 Å². The standard InChI is InChI=1S/C14H26N4O/c1-6-7-19-14-8-13(15-10-16-14)17-12(11(2)3)9-18(4)5/h8,10-12H,6-7,9H2,1-5H3,(H,15,16,17). The molecule has 1 atom stereocenters. The highest BCUT2D eigenvalue weighted by atomic mass is 16.5. The number of rotatable bonds is 8. The Labute approximate surface area is 116 Å². The van der Waals surface area contributed by atoms with Crippen LogP contribution in [0.2, 0.25) is 0 Å². The number of anilines is 1. The lowest BCUT2D eigenvalue weighted by atomic mass is 10.0. The summed E-state index contributed by atoms with van der Waals surface area (Å²) in [4.78, 5) is 10.5. The quantitative estimate of drug-likeness (QED) is 0.782. The molecule has 1 unspecified atom stereocenters. The van der Waals surface area contributed by atoms with E-state index in [1.165, 1.54) is 0 Å². The minimum absolute atomic E-state index is 0.351. The van der Waals surface area contributed by atoms with E-state index in [4.69, 9.17) is 4.74 Å². The highest BCUT2D eigenvalue weighted by Crippen LogP contribution is 2.15.